The predicted octanol–water partition coefficient (Wildman–Crippen LogP) is 3.99. The van der Waals surface area contributed by atoms with E-state index in [9.17, 15) is 4.79 Å². The number of piperidine rings is 1. The molecule has 30 heavy (non-hydrogen) atoms. The molecule has 0 unspecified atom stereocenters. The number of likely N-dealkylation sites (tertiary alicyclic amines) is 1. The van der Waals surface area contributed by atoms with Crippen molar-refractivity contribution in [2.75, 3.05) is 19.6 Å². The maximum absolute atomic E-state index is 13.2. The quantitative estimate of drug-likeness (QED) is 0.511. The van der Waals surface area contributed by atoms with E-state index in [-0.39, 0.29) is 11.4 Å². The van der Waals surface area contributed by atoms with E-state index in [0.717, 1.165) is 55.4 Å². The first-order valence-electron chi connectivity index (χ1n) is 10.7. The maximum atomic E-state index is 13.2. The van der Waals surface area contributed by atoms with Gasteiger partial charge in [0.25, 0.3) is 5.91 Å². The average molecular weight is 396 g/mol. The predicted molar refractivity (Wildman–Crippen MR) is 119 cm³/mol. The van der Waals surface area contributed by atoms with Gasteiger partial charge in [-0.05, 0) is 55.2 Å². The molecule has 1 fully saturated rings. The number of amides is 1. The van der Waals surface area contributed by atoms with Crippen molar-refractivity contribution < 1.29 is 4.79 Å². The summed E-state index contributed by atoms with van der Waals surface area (Å²) in [5, 5.41) is 6.15. The van der Waals surface area contributed by atoms with Gasteiger partial charge < -0.3 is 15.2 Å². The maximum Gasteiger partial charge on any atom is 0.253 e. The molecule has 0 aliphatic carbocycles. The molecule has 1 amide bonds. The van der Waals surface area contributed by atoms with Crippen LogP contribution in [0.2, 0.25) is 0 Å². The summed E-state index contributed by atoms with van der Waals surface area (Å²) in [6, 6.07) is 18.3. The monoisotopic (exact) mass is 396 g/mol. The largest absolute Gasteiger partial charge is 0.357 e. The number of aromatic amines is 1. The number of H-pyrrole nitrogens is 1. The molecule has 1 spiro atoms. The number of aromatic nitrogens is 2. The molecule has 5 nitrogen and oxygen atoms in total. The van der Waals surface area contributed by atoms with E-state index < -0.39 is 0 Å². The standard InChI is InChI=1S/C25H24N4O/c30-24(18-7-8-21-17(16-18)4-3-12-26-21)29-14-10-25(11-15-29)23-20(9-13-27-25)19-5-1-2-6-22(19)28-23/h1-8,12,16,27-28H,9-11,13-15H2. The van der Waals surface area contributed by atoms with E-state index in [1.807, 2.05) is 35.2 Å². The van der Waals surface area contributed by atoms with Gasteiger partial charge in [0.2, 0.25) is 0 Å². The Morgan fingerprint density at radius 3 is 2.80 bits per heavy atom. The van der Waals surface area contributed by atoms with Crippen LogP contribution in [0.3, 0.4) is 0 Å². The van der Waals surface area contributed by atoms with Gasteiger partial charge >= 0.3 is 0 Å². The van der Waals surface area contributed by atoms with Crippen LogP contribution in [0.15, 0.2) is 60.8 Å². The molecule has 6 rings (SSSR count). The van der Waals surface area contributed by atoms with Crippen LogP contribution in [0.5, 0.6) is 0 Å². The summed E-state index contributed by atoms with van der Waals surface area (Å²) >= 11 is 0. The number of para-hydroxylation sites is 1. The zero-order chi connectivity index (χ0) is 20.1. The lowest BCUT2D eigenvalue weighted by Crippen LogP contribution is -2.55. The molecular weight excluding hydrogens is 372 g/mol. The van der Waals surface area contributed by atoms with Crippen LogP contribution in [0.4, 0.5) is 0 Å². The lowest BCUT2D eigenvalue weighted by atomic mass is 9.79. The van der Waals surface area contributed by atoms with E-state index in [0.29, 0.717) is 0 Å². The van der Waals surface area contributed by atoms with Crippen LogP contribution >= 0.6 is 0 Å². The summed E-state index contributed by atoms with van der Waals surface area (Å²) in [6.45, 7) is 2.50. The Morgan fingerprint density at radius 2 is 1.90 bits per heavy atom. The fraction of sp³-hybridized carbons (Fsp3) is 0.280. The Labute approximate surface area is 175 Å². The van der Waals surface area contributed by atoms with Crippen LogP contribution in [0.25, 0.3) is 21.8 Å². The normalized spacial score (nSPS) is 18.1. The molecule has 2 aliphatic heterocycles. The summed E-state index contributed by atoms with van der Waals surface area (Å²) < 4.78 is 0. The van der Waals surface area contributed by atoms with E-state index >= 15 is 0 Å². The van der Waals surface area contributed by atoms with Gasteiger partial charge in [-0.15, -0.1) is 0 Å². The number of pyridine rings is 1. The third-order valence-corrected chi connectivity index (χ3v) is 6.88. The SMILES string of the molecule is O=C(c1ccc2ncccc2c1)N1CCC2(CC1)NCCc1c2[nH]c2ccccc12. The lowest BCUT2D eigenvalue weighted by Gasteiger charge is -2.44. The van der Waals surface area contributed by atoms with Crippen molar-refractivity contribution >= 4 is 27.7 Å². The van der Waals surface area contributed by atoms with Gasteiger partial charge in [0.15, 0.2) is 0 Å². The molecule has 0 radical (unpaired) electrons. The van der Waals surface area contributed by atoms with Crippen LogP contribution < -0.4 is 5.32 Å². The molecule has 4 heterocycles. The number of hydrogen-bond acceptors (Lipinski definition) is 3. The minimum atomic E-state index is -0.0588. The molecule has 2 aromatic heterocycles. The van der Waals surface area contributed by atoms with Gasteiger partial charge in [0.1, 0.15) is 0 Å². The summed E-state index contributed by atoms with van der Waals surface area (Å²) in [5.74, 6) is 0.114. The van der Waals surface area contributed by atoms with Crippen LogP contribution in [-0.4, -0.2) is 40.4 Å². The number of benzene rings is 2. The van der Waals surface area contributed by atoms with Crippen molar-refractivity contribution in [2.45, 2.75) is 24.8 Å². The molecule has 5 heteroatoms. The van der Waals surface area contributed by atoms with E-state index in [2.05, 4.69) is 39.6 Å². The first-order valence-corrected chi connectivity index (χ1v) is 10.7. The minimum Gasteiger partial charge on any atom is -0.357 e. The van der Waals surface area contributed by atoms with Crippen molar-refractivity contribution in [1.29, 1.82) is 0 Å². The number of carbonyl (C=O) groups excluding carboxylic acids is 1. The van der Waals surface area contributed by atoms with Gasteiger partial charge in [-0.3, -0.25) is 9.78 Å². The second-order valence-electron chi connectivity index (χ2n) is 8.49. The number of fused-ring (bicyclic) bond motifs is 5. The van der Waals surface area contributed by atoms with Crippen molar-refractivity contribution in [3.8, 4) is 0 Å². The highest BCUT2D eigenvalue weighted by molar-refractivity contribution is 5.98. The fourth-order valence-corrected chi connectivity index (χ4v) is 5.29. The highest BCUT2D eigenvalue weighted by atomic mass is 16.2. The first-order chi connectivity index (χ1) is 14.7. The summed E-state index contributed by atoms with van der Waals surface area (Å²) in [4.78, 5) is 23.2. The molecule has 0 bridgehead atoms. The number of carbonyl (C=O) groups is 1. The molecule has 2 aromatic carbocycles. The topological polar surface area (TPSA) is 61.0 Å². The zero-order valence-electron chi connectivity index (χ0n) is 16.8. The van der Waals surface area contributed by atoms with Crippen molar-refractivity contribution in [3.63, 3.8) is 0 Å². The highest BCUT2D eigenvalue weighted by Crippen LogP contribution is 2.40. The Bertz CT molecular complexity index is 1270. The van der Waals surface area contributed by atoms with Crippen molar-refractivity contribution in [1.82, 2.24) is 20.2 Å². The minimum absolute atomic E-state index is 0.0588. The molecule has 4 aromatic rings. The van der Waals surface area contributed by atoms with Crippen molar-refractivity contribution in [2.24, 2.45) is 0 Å². The fourth-order valence-electron chi connectivity index (χ4n) is 5.29. The van der Waals surface area contributed by atoms with E-state index in [1.54, 1.807) is 6.20 Å². The first kappa shape index (κ1) is 17.7. The van der Waals surface area contributed by atoms with Crippen LogP contribution in [0.1, 0.15) is 34.5 Å². The summed E-state index contributed by atoms with van der Waals surface area (Å²) in [6.07, 6.45) is 4.68. The van der Waals surface area contributed by atoms with Gasteiger partial charge in [0.05, 0.1) is 11.1 Å². The summed E-state index contributed by atoms with van der Waals surface area (Å²) in [5.41, 5.74) is 5.61. The number of nitrogens with zero attached hydrogens (tertiary/aromatic N) is 2. The zero-order valence-corrected chi connectivity index (χ0v) is 16.8. The highest BCUT2D eigenvalue weighted by Gasteiger charge is 2.42. The second-order valence-corrected chi connectivity index (χ2v) is 8.49. The van der Waals surface area contributed by atoms with Gasteiger partial charge in [-0.1, -0.05) is 24.3 Å². The molecule has 0 atom stereocenters. The average Bonchev–Trinajstić information content (AvgIpc) is 3.19. The molecule has 2 N–H and O–H groups in total. The van der Waals surface area contributed by atoms with Crippen LogP contribution in [0, 0.1) is 0 Å². The third-order valence-electron chi connectivity index (χ3n) is 6.88. The lowest BCUT2D eigenvalue weighted by molar-refractivity contribution is 0.0627. The Hall–Kier alpha value is -3.18. The summed E-state index contributed by atoms with van der Waals surface area (Å²) in [7, 11) is 0. The smallest absolute Gasteiger partial charge is 0.253 e. The van der Waals surface area contributed by atoms with Gasteiger partial charge in [0, 0.05) is 53.4 Å². The van der Waals surface area contributed by atoms with Gasteiger partial charge in [-0.25, -0.2) is 0 Å². The molecule has 1 saturated heterocycles. The number of nitrogens with one attached hydrogen (secondary N) is 2. The van der Waals surface area contributed by atoms with Gasteiger partial charge in [-0.2, -0.15) is 0 Å². The molecule has 0 saturated carbocycles. The molecular formula is C25H24N4O. The van der Waals surface area contributed by atoms with E-state index in [4.69, 9.17) is 0 Å². The third kappa shape index (κ3) is 2.66. The Kier molecular flexibility index (Phi) is 3.93. The van der Waals surface area contributed by atoms with Crippen LogP contribution in [-0.2, 0) is 12.0 Å². The second kappa shape index (κ2) is 6.67. The number of hydrogen-bond donors (Lipinski definition) is 2. The number of rotatable bonds is 1. The molecule has 150 valence electrons. The Balaban J connectivity index is 1.27. The van der Waals surface area contributed by atoms with E-state index in [1.165, 1.54) is 22.2 Å². The Morgan fingerprint density at radius 1 is 1.03 bits per heavy atom. The van der Waals surface area contributed by atoms with Crippen molar-refractivity contribution in [3.05, 3.63) is 77.6 Å². The molecule has 2 aliphatic rings.